The highest BCUT2D eigenvalue weighted by atomic mass is 16.5. The molecule has 3 aromatic rings. The number of likely N-dealkylation sites (tertiary alicyclic amines) is 1. The molecule has 9 heteroatoms. The predicted molar refractivity (Wildman–Crippen MR) is 121 cm³/mol. The van der Waals surface area contributed by atoms with Crippen LogP contribution in [0, 0.1) is 12.3 Å². The number of ether oxygens (including phenoxy) is 1. The van der Waals surface area contributed by atoms with E-state index in [1.807, 2.05) is 25.1 Å². The summed E-state index contributed by atoms with van der Waals surface area (Å²) in [6.07, 6.45) is 4.48. The Morgan fingerprint density at radius 3 is 2.82 bits per heavy atom. The maximum Gasteiger partial charge on any atom is 0.338 e. The van der Waals surface area contributed by atoms with E-state index in [0.717, 1.165) is 73.6 Å². The van der Waals surface area contributed by atoms with Gasteiger partial charge in [-0.1, -0.05) is 6.07 Å². The number of cyclic esters (lactones) is 1. The van der Waals surface area contributed by atoms with Crippen LogP contribution in [0.5, 0.6) is 0 Å². The van der Waals surface area contributed by atoms with Crippen molar-refractivity contribution in [2.75, 3.05) is 37.6 Å². The van der Waals surface area contributed by atoms with E-state index < -0.39 is 6.10 Å². The number of carbonyl (C=O) groups excluding carboxylic acids is 1. The number of aliphatic hydroxyl groups is 1. The molecule has 172 valence electrons. The number of nitrogens with zero attached hydrogens (tertiary/aromatic N) is 6. The number of carbonyl (C=O) groups is 1. The van der Waals surface area contributed by atoms with E-state index in [9.17, 15) is 9.90 Å². The van der Waals surface area contributed by atoms with Crippen molar-refractivity contribution >= 4 is 17.4 Å². The molecule has 2 aromatic heterocycles. The van der Waals surface area contributed by atoms with Gasteiger partial charge in [0.15, 0.2) is 5.65 Å². The molecule has 9 nitrogen and oxygen atoms in total. The highest BCUT2D eigenvalue weighted by Gasteiger charge is 2.41. The zero-order chi connectivity index (χ0) is 22.6. The lowest BCUT2D eigenvalue weighted by Crippen LogP contribution is -2.42. The van der Waals surface area contributed by atoms with Crippen molar-refractivity contribution in [1.29, 1.82) is 0 Å². The summed E-state index contributed by atoms with van der Waals surface area (Å²) in [6, 6.07) is 7.66. The minimum Gasteiger partial charge on any atom is -0.457 e. The molecule has 0 amide bonds. The molecule has 5 heterocycles. The normalized spacial score (nSPS) is 21.0. The summed E-state index contributed by atoms with van der Waals surface area (Å²) in [7, 11) is 0. The Labute approximate surface area is 192 Å². The van der Waals surface area contributed by atoms with Gasteiger partial charge in [-0.15, -0.1) is 15.3 Å². The van der Waals surface area contributed by atoms with Crippen molar-refractivity contribution in [3.63, 3.8) is 0 Å². The van der Waals surface area contributed by atoms with Crippen molar-refractivity contribution in [2.24, 2.45) is 5.41 Å². The first-order chi connectivity index (χ1) is 16.0. The minimum absolute atomic E-state index is 0.265. The number of anilines is 1. The van der Waals surface area contributed by atoms with Gasteiger partial charge in [0, 0.05) is 31.7 Å². The maximum atomic E-state index is 11.8. The second-order valence-corrected chi connectivity index (χ2v) is 9.70. The first-order valence-electron chi connectivity index (χ1n) is 11.6. The molecule has 3 aliphatic heterocycles. The zero-order valence-corrected chi connectivity index (χ0v) is 18.8. The van der Waals surface area contributed by atoms with Crippen LogP contribution in [0.2, 0.25) is 0 Å². The molecule has 33 heavy (non-hydrogen) atoms. The summed E-state index contributed by atoms with van der Waals surface area (Å²) in [5.74, 6) is 0.704. The van der Waals surface area contributed by atoms with E-state index in [-0.39, 0.29) is 5.97 Å². The number of hydrogen-bond donors (Lipinski definition) is 1. The van der Waals surface area contributed by atoms with Crippen LogP contribution in [0.4, 0.5) is 5.82 Å². The molecule has 1 spiro atoms. The number of rotatable bonds is 4. The first kappa shape index (κ1) is 20.6. The van der Waals surface area contributed by atoms with Gasteiger partial charge in [-0.3, -0.25) is 4.90 Å². The molecule has 0 saturated carbocycles. The lowest BCUT2D eigenvalue weighted by molar-refractivity contribution is 0.0535. The molecule has 2 saturated heterocycles. The summed E-state index contributed by atoms with van der Waals surface area (Å²) in [5, 5.41) is 23.6. The number of benzene rings is 1. The molecule has 1 aromatic carbocycles. The lowest BCUT2D eigenvalue weighted by atomic mass is 9.78. The molecule has 0 radical (unpaired) electrons. The third-order valence-corrected chi connectivity index (χ3v) is 7.81. The monoisotopic (exact) mass is 448 g/mol. The van der Waals surface area contributed by atoms with Crippen molar-refractivity contribution in [1.82, 2.24) is 24.7 Å². The van der Waals surface area contributed by atoms with Crippen LogP contribution in [0.3, 0.4) is 0 Å². The Hall–Kier alpha value is -3.04. The van der Waals surface area contributed by atoms with E-state index >= 15 is 0 Å². The smallest absolute Gasteiger partial charge is 0.338 e. The first-order valence-corrected chi connectivity index (χ1v) is 11.6. The standard InChI is InChI=1S/C24H28N6O3/c1-16-17(2-3-18-19(16)13-33-23(18)32)20(31)12-28-9-6-24(14-28)7-10-29(11-8-24)22-5-4-21-26-25-15-30(21)27-22/h2-5,15,20,31H,6-14H2,1H3. The third kappa shape index (κ3) is 3.55. The molecule has 2 fully saturated rings. The number of hydrogen-bond acceptors (Lipinski definition) is 8. The average molecular weight is 449 g/mol. The van der Waals surface area contributed by atoms with Gasteiger partial charge in [0.25, 0.3) is 0 Å². The Bertz CT molecular complexity index is 1220. The van der Waals surface area contributed by atoms with Crippen molar-refractivity contribution in [3.05, 3.63) is 52.8 Å². The topological polar surface area (TPSA) is 96.1 Å². The lowest BCUT2D eigenvalue weighted by Gasteiger charge is -2.40. The quantitative estimate of drug-likeness (QED) is 0.607. The van der Waals surface area contributed by atoms with Crippen LogP contribution in [-0.4, -0.2) is 68.5 Å². The van der Waals surface area contributed by atoms with Crippen molar-refractivity contribution in [2.45, 2.75) is 38.9 Å². The van der Waals surface area contributed by atoms with Crippen LogP contribution in [0.1, 0.15) is 52.4 Å². The molecule has 1 N–H and O–H groups in total. The van der Waals surface area contributed by atoms with Crippen LogP contribution < -0.4 is 4.90 Å². The van der Waals surface area contributed by atoms with Gasteiger partial charge >= 0.3 is 5.97 Å². The average Bonchev–Trinajstić information content (AvgIpc) is 3.54. The third-order valence-electron chi connectivity index (χ3n) is 7.81. The second kappa shape index (κ2) is 7.78. The van der Waals surface area contributed by atoms with Gasteiger partial charge in [0.2, 0.25) is 0 Å². The van der Waals surface area contributed by atoms with E-state index in [2.05, 4.69) is 25.1 Å². The van der Waals surface area contributed by atoms with Crippen molar-refractivity contribution in [3.8, 4) is 0 Å². The van der Waals surface area contributed by atoms with Gasteiger partial charge in [0.05, 0.1) is 11.7 Å². The molecule has 0 aliphatic carbocycles. The van der Waals surface area contributed by atoms with E-state index in [4.69, 9.17) is 4.74 Å². The maximum absolute atomic E-state index is 11.8. The summed E-state index contributed by atoms with van der Waals surface area (Å²) >= 11 is 0. The van der Waals surface area contributed by atoms with Crippen LogP contribution in [0.25, 0.3) is 5.65 Å². The van der Waals surface area contributed by atoms with Gasteiger partial charge in [-0.05, 0) is 67.5 Å². The molecule has 0 bridgehead atoms. The Morgan fingerprint density at radius 1 is 1.15 bits per heavy atom. The summed E-state index contributed by atoms with van der Waals surface area (Å²) in [6.45, 7) is 6.89. The molecule has 1 unspecified atom stereocenters. The Morgan fingerprint density at radius 2 is 1.97 bits per heavy atom. The number of aliphatic hydroxyl groups excluding tert-OH is 1. The highest BCUT2D eigenvalue weighted by molar-refractivity contribution is 5.93. The molecule has 3 aliphatic rings. The number of esters is 1. The minimum atomic E-state index is -0.569. The van der Waals surface area contributed by atoms with E-state index in [1.165, 1.54) is 0 Å². The van der Waals surface area contributed by atoms with Crippen LogP contribution in [-0.2, 0) is 11.3 Å². The van der Waals surface area contributed by atoms with Gasteiger partial charge < -0.3 is 14.7 Å². The molecule has 6 rings (SSSR count). The number of piperidine rings is 1. The van der Waals surface area contributed by atoms with Crippen LogP contribution >= 0.6 is 0 Å². The number of β-amino-alcohol motifs (C(OH)–C–C–N with tert-alkyl or cyclic N) is 1. The Kier molecular flexibility index (Phi) is 4.84. The summed E-state index contributed by atoms with van der Waals surface area (Å²) in [5.41, 5.74) is 4.50. The summed E-state index contributed by atoms with van der Waals surface area (Å²) in [4.78, 5) is 16.5. The van der Waals surface area contributed by atoms with Crippen molar-refractivity contribution < 1.29 is 14.6 Å². The molecular weight excluding hydrogens is 420 g/mol. The summed E-state index contributed by atoms with van der Waals surface area (Å²) < 4.78 is 6.88. The Balaban J connectivity index is 1.09. The van der Waals surface area contributed by atoms with Gasteiger partial charge in [-0.2, -0.15) is 4.52 Å². The van der Waals surface area contributed by atoms with Crippen LogP contribution in [0.15, 0.2) is 30.6 Å². The zero-order valence-electron chi connectivity index (χ0n) is 18.8. The largest absolute Gasteiger partial charge is 0.457 e. The second-order valence-electron chi connectivity index (χ2n) is 9.70. The van der Waals surface area contributed by atoms with E-state index in [0.29, 0.717) is 24.1 Å². The molecule has 1 atom stereocenters. The van der Waals surface area contributed by atoms with Gasteiger partial charge in [0.1, 0.15) is 18.8 Å². The number of aromatic nitrogens is 4. The fourth-order valence-electron chi connectivity index (χ4n) is 5.76. The fraction of sp³-hybridized carbons (Fsp3) is 0.500. The number of fused-ring (bicyclic) bond motifs is 2. The van der Waals surface area contributed by atoms with Gasteiger partial charge in [-0.25, -0.2) is 4.79 Å². The van der Waals surface area contributed by atoms with E-state index in [1.54, 1.807) is 16.9 Å². The SMILES string of the molecule is Cc1c(C(O)CN2CCC3(CCN(c4ccc5nncn5n4)CC3)C2)ccc2c1COC2=O. The highest BCUT2D eigenvalue weighted by Crippen LogP contribution is 2.41. The molecular formula is C24H28N6O3. The fourth-order valence-corrected chi connectivity index (χ4v) is 5.76. The predicted octanol–water partition coefficient (Wildman–Crippen LogP) is 2.13.